The van der Waals surface area contributed by atoms with E-state index < -0.39 is 17.4 Å². The highest BCUT2D eigenvalue weighted by atomic mass is 32.1. The fourth-order valence-electron chi connectivity index (χ4n) is 2.04. The summed E-state index contributed by atoms with van der Waals surface area (Å²) in [5.41, 5.74) is -1.33. The standard InChI is InChI=1S/C13H9F3N2O3S/c14-13(15,16)10-4-11(19)18(12(22)17-10)5-7-1-2-8-9(3-7)21-6-20-8/h1-4H,5-6H2,(H,17,22). The molecule has 116 valence electrons. The molecule has 0 fully saturated rings. The lowest BCUT2D eigenvalue weighted by Crippen LogP contribution is -2.25. The molecule has 2 aromatic rings. The zero-order valence-electron chi connectivity index (χ0n) is 10.9. The summed E-state index contributed by atoms with van der Waals surface area (Å²) in [6.07, 6.45) is -4.65. The smallest absolute Gasteiger partial charge is 0.431 e. The number of aromatic nitrogens is 2. The Morgan fingerprint density at radius 3 is 2.64 bits per heavy atom. The highest BCUT2D eigenvalue weighted by molar-refractivity contribution is 7.71. The van der Waals surface area contributed by atoms with Crippen LogP contribution in [0.3, 0.4) is 0 Å². The van der Waals surface area contributed by atoms with Crippen LogP contribution in [0.5, 0.6) is 11.5 Å². The van der Waals surface area contributed by atoms with E-state index in [1.165, 1.54) is 0 Å². The number of fused-ring (bicyclic) bond motifs is 1. The lowest BCUT2D eigenvalue weighted by atomic mass is 10.2. The molecule has 0 bridgehead atoms. The Labute approximate surface area is 126 Å². The average molecular weight is 330 g/mol. The second-order valence-electron chi connectivity index (χ2n) is 4.60. The maximum absolute atomic E-state index is 12.6. The van der Waals surface area contributed by atoms with Crippen molar-refractivity contribution in [2.24, 2.45) is 0 Å². The Morgan fingerprint density at radius 2 is 1.95 bits per heavy atom. The zero-order chi connectivity index (χ0) is 15.9. The quantitative estimate of drug-likeness (QED) is 0.860. The Hall–Kier alpha value is -2.29. The first-order chi connectivity index (χ1) is 10.3. The number of rotatable bonds is 2. The normalized spacial score (nSPS) is 13.4. The average Bonchev–Trinajstić information content (AvgIpc) is 2.89. The number of alkyl halides is 3. The van der Waals surface area contributed by atoms with Crippen LogP contribution in [-0.2, 0) is 12.7 Å². The monoisotopic (exact) mass is 330 g/mol. The van der Waals surface area contributed by atoms with Crippen LogP contribution in [0.25, 0.3) is 0 Å². The maximum Gasteiger partial charge on any atom is 0.431 e. The molecule has 1 aromatic carbocycles. The topological polar surface area (TPSA) is 56.2 Å². The van der Waals surface area contributed by atoms with Crippen LogP contribution >= 0.6 is 12.2 Å². The minimum absolute atomic E-state index is 0.0307. The lowest BCUT2D eigenvalue weighted by molar-refractivity contribution is -0.141. The number of halogens is 3. The van der Waals surface area contributed by atoms with E-state index in [0.717, 1.165) is 4.57 Å². The van der Waals surface area contributed by atoms with E-state index in [9.17, 15) is 18.0 Å². The van der Waals surface area contributed by atoms with Gasteiger partial charge in [0.2, 0.25) is 6.79 Å². The molecule has 22 heavy (non-hydrogen) atoms. The van der Waals surface area contributed by atoms with Crippen LogP contribution in [0, 0.1) is 4.77 Å². The molecule has 0 atom stereocenters. The van der Waals surface area contributed by atoms with Gasteiger partial charge in [-0.25, -0.2) is 0 Å². The first-order valence-corrected chi connectivity index (χ1v) is 6.55. The second kappa shape index (κ2) is 5.16. The van der Waals surface area contributed by atoms with Crippen molar-refractivity contribution in [1.82, 2.24) is 9.55 Å². The summed E-state index contributed by atoms with van der Waals surface area (Å²) in [4.78, 5) is 13.9. The van der Waals surface area contributed by atoms with E-state index in [4.69, 9.17) is 21.7 Å². The molecule has 0 radical (unpaired) electrons. The molecule has 0 spiro atoms. The van der Waals surface area contributed by atoms with Crippen molar-refractivity contribution in [3.05, 3.63) is 50.6 Å². The molecule has 1 aliphatic heterocycles. The molecule has 0 saturated heterocycles. The molecule has 1 aromatic heterocycles. The molecule has 5 nitrogen and oxygen atoms in total. The SMILES string of the molecule is O=c1cc(C(F)(F)F)[nH]c(=S)n1Cc1ccc2c(c1)OCO2. The molecular formula is C13H9F3N2O3S. The summed E-state index contributed by atoms with van der Waals surface area (Å²) in [6, 6.07) is 5.50. The molecule has 0 unspecified atom stereocenters. The number of nitrogens with one attached hydrogen (secondary N) is 1. The third-order valence-electron chi connectivity index (χ3n) is 3.10. The van der Waals surface area contributed by atoms with Crippen molar-refractivity contribution in [3.63, 3.8) is 0 Å². The van der Waals surface area contributed by atoms with Gasteiger partial charge >= 0.3 is 6.18 Å². The van der Waals surface area contributed by atoms with Crippen molar-refractivity contribution >= 4 is 12.2 Å². The zero-order valence-corrected chi connectivity index (χ0v) is 11.8. The Kier molecular flexibility index (Phi) is 3.44. The molecule has 2 heterocycles. The maximum atomic E-state index is 12.6. The van der Waals surface area contributed by atoms with Crippen LogP contribution in [0.15, 0.2) is 29.1 Å². The number of ether oxygens (including phenoxy) is 2. The number of hydrogen-bond acceptors (Lipinski definition) is 4. The highest BCUT2D eigenvalue weighted by Gasteiger charge is 2.32. The van der Waals surface area contributed by atoms with Gasteiger partial charge in [0.15, 0.2) is 16.3 Å². The van der Waals surface area contributed by atoms with Gasteiger partial charge in [0.1, 0.15) is 5.69 Å². The van der Waals surface area contributed by atoms with Crippen molar-refractivity contribution < 1.29 is 22.6 Å². The Morgan fingerprint density at radius 1 is 1.23 bits per heavy atom. The molecule has 0 saturated carbocycles. The van der Waals surface area contributed by atoms with Gasteiger partial charge in [-0.15, -0.1) is 0 Å². The first-order valence-electron chi connectivity index (χ1n) is 6.14. The summed E-state index contributed by atoms with van der Waals surface area (Å²) < 4.78 is 48.9. The number of H-pyrrole nitrogens is 1. The Balaban J connectivity index is 1.96. The number of benzene rings is 1. The summed E-state index contributed by atoms with van der Waals surface area (Å²) in [5, 5.41) is 0. The van der Waals surface area contributed by atoms with Crippen LogP contribution in [0.1, 0.15) is 11.3 Å². The third-order valence-corrected chi connectivity index (χ3v) is 3.43. The molecule has 0 aliphatic carbocycles. The minimum atomic E-state index is -4.65. The lowest BCUT2D eigenvalue weighted by Gasteiger charge is -2.10. The van der Waals surface area contributed by atoms with Gasteiger partial charge in [-0.05, 0) is 29.9 Å². The Bertz CT molecular complexity index is 810. The van der Waals surface area contributed by atoms with Gasteiger partial charge in [-0.3, -0.25) is 9.36 Å². The van der Waals surface area contributed by atoms with Crippen molar-refractivity contribution in [3.8, 4) is 11.5 Å². The first kappa shape index (κ1) is 14.6. The van der Waals surface area contributed by atoms with E-state index in [-0.39, 0.29) is 18.1 Å². The molecule has 1 aliphatic rings. The van der Waals surface area contributed by atoms with Crippen LogP contribution < -0.4 is 15.0 Å². The number of hydrogen-bond donors (Lipinski definition) is 1. The van der Waals surface area contributed by atoms with Gasteiger partial charge < -0.3 is 14.5 Å². The molecule has 0 amide bonds. The fourth-order valence-corrected chi connectivity index (χ4v) is 2.31. The minimum Gasteiger partial charge on any atom is -0.454 e. The predicted octanol–water partition coefficient (Wildman–Crippen LogP) is 2.70. The van der Waals surface area contributed by atoms with E-state index >= 15 is 0 Å². The molecule has 3 rings (SSSR count). The summed E-state index contributed by atoms with van der Waals surface area (Å²) in [5.74, 6) is 1.10. The molecule has 1 N–H and O–H groups in total. The molecule has 9 heteroatoms. The van der Waals surface area contributed by atoms with E-state index in [2.05, 4.69) is 0 Å². The third kappa shape index (κ3) is 2.71. The van der Waals surface area contributed by atoms with E-state index in [0.29, 0.717) is 23.1 Å². The van der Waals surface area contributed by atoms with Gasteiger partial charge in [0, 0.05) is 6.07 Å². The van der Waals surface area contributed by atoms with E-state index in [1.54, 1.807) is 18.2 Å². The van der Waals surface area contributed by atoms with Crippen LogP contribution in [0.4, 0.5) is 13.2 Å². The van der Waals surface area contributed by atoms with Crippen LogP contribution in [-0.4, -0.2) is 16.3 Å². The fraction of sp³-hybridized carbons (Fsp3) is 0.231. The van der Waals surface area contributed by atoms with Crippen LogP contribution in [0.2, 0.25) is 0 Å². The summed E-state index contributed by atoms with van der Waals surface area (Å²) in [6.45, 7) is 0.141. The van der Waals surface area contributed by atoms with Crippen molar-refractivity contribution in [2.75, 3.05) is 6.79 Å². The second-order valence-corrected chi connectivity index (χ2v) is 4.98. The summed E-state index contributed by atoms with van der Waals surface area (Å²) in [7, 11) is 0. The van der Waals surface area contributed by atoms with Crippen molar-refractivity contribution in [2.45, 2.75) is 12.7 Å². The summed E-state index contributed by atoms with van der Waals surface area (Å²) >= 11 is 4.85. The van der Waals surface area contributed by atoms with Crippen molar-refractivity contribution in [1.29, 1.82) is 0 Å². The predicted molar refractivity (Wildman–Crippen MR) is 72.6 cm³/mol. The largest absolute Gasteiger partial charge is 0.454 e. The van der Waals surface area contributed by atoms with Gasteiger partial charge in [-0.2, -0.15) is 13.2 Å². The van der Waals surface area contributed by atoms with Gasteiger partial charge in [-0.1, -0.05) is 6.07 Å². The van der Waals surface area contributed by atoms with Gasteiger partial charge in [0.05, 0.1) is 6.54 Å². The number of aromatic amines is 1. The molecular weight excluding hydrogens is 321 g/mol. The van der Waals surface area contributed by atoms with Gasteiger partial charge in [0.25, 0.3) is 5.56 Å². The number of nitrogens with zero attached hydrogens (tertiary/aromatic N) is 1. The highest BCUT2D eigenvalue weighted by Crippen LogP contribution is 2.32. The van der Waals surface area contributed by atoms with E-state index in [1.807, 2.05) is 4.98 Å².